The zero-order valence-corrected chi connectivity index (χ0v) is 10.9. The van der Waals surface area contributed by atoms with Crippen LogP contribution in [0.15, 0.2) is 18.2 Å². The first-order valence-electron chi connectivity index (χ1n) is 6.84. The lowest BCUT2D eigenvalue weighted by Crippen LogP contribution is -2.34. The summed E-state index contributed by atoms with van der Waals surface area (Å²) in [5.41, 5.74) is 0.802. The molecule has 0 spiro atoms. The molecular formula is C15H21F2N. The molecule has 1 aromatic carbocycles. The molecule has 1 aliphatic rings. The minimum Gasteiger partial charge on any atom is -0.310 e. The second-order valence-corrected chi connectivity index (χ2v) is 5.32. The van der Waals surface area contributed by atoms with E-state index in [2.05, 4.69) is 12.2 Å². The van der Waals surface area contributed by atoms with Crippen molar-refractivity contribution in [1.29, 1.82) is 0 Å². The largest absolute Gasteiger partial charge is 0.310 e. The molecule has 1 nitrogen and oxygen atoms in total. The molecule has 1 aliphatic carbocycles. The maximum atomic E-state index is 13.1. The Morgan fingerprint density at radius 1 is 1.17 bits per heavy atom. The monoisotopic (exact) mass is 253 g/mol. The normalized spacial score (nSPS) is 18.8. The van der Waals surface area contributed by atoms with Gasteiger partial charge in [-0.2, -0.15) is 0 Å². The predicted octanol–water partition coefficient (Wildman–Crippen LogP) is 4.02. The van der Waals surface area contributed by atoms with Crippen LogP contribution in [0.4, 0.5) is 8.78 Å². The molecule has 2 rings (SSSR count). The second kappa shape index (κ2) is 6.28. The van der Waals surface area contributed by atoms with Gasteiger partial charge in [-0.15, -0.1) is 0 Å². The van der Waals surface area contributed by atoms with Crippen molar-refractivity contribution in [3.63, 3.8) is 0 Å². The van der Waals surface area contributed by atoms with Gasteiger partial charge in [-0.1, -0.05) is 25.3 Å². The van der Waals surface area contributed by atoms with Crippen LogP contribution in [0.2, 0.25) is 0 Å². The van der Waals surface area contributed by atoms with Gasteiger partial charge >= 0.3 is 0 Å². The highest BCUT2D eigenvalue weighted by atomic mass is 19.2. The van der Waals surface area contributed by atoms with Gasteiger partial charge in [-0.05, 0) is 43.4 Å². The molecular weight excluding hydrogens is 232 g/mol. The molecule has 1 atom stereocenters. The Labute approximate surface area is 108 Å². The molecule has 0 radical (unpaired) electrons. The van der Waals surface area contributed by atoms with Crippen molar-refractivity contribution in [2.45, 2.75) is 51.6 Å². The number of nitrogens with one attached hydrogen (secondary N) is 1. The molecule has 100 valence electrons. The molecule has 0 heterocycles. The molecule has 1 fully saturated rings. The maximum absolute atomic E-state index is 13.1. The predicted molar refractivity (Wildman–Crippen MR) is 69.2 cm³/mol. The zero-order valence-electron chi connectivity index (χ0n) is 10.9. The average Bonchev–Trinajstić information content (AvgIpc) is 2.41. The van der Waals surface area contributed by atoms with Crippen molar-refractivity contribution < 1.29 is 8.78 Å². The van der Waals surface area contributed by atoms with Gasteiger partial charge in [-0.25, -0.2) is 8.78 Å². The summed E-state index contributed by atoms with van der Waals surface area (Å²) in [4.78, 5) is 0. The zero-order chi connectivity index (χ0) is 13.0. The van der Waals surface area contributed by atoms with Gasteiger partial charge in [-0.3, -0.25) is 0 Å². The van der Waals surface area contributed by atoms with Crippen LogP contribution in [0.5, 0.6) is 0 Å². The minimum absolute atomic E-state index is 0.443. The van der Waals surface area contributed by atoms with E-state index in [9.17, 15) is 8.78 Å². The SMILES string of the molecule is CC(NCc1ccc(F)c(F)c1)C1CCCCC1. The van der Waals surface area contributed by atoms with E-state index < -0.39 is 11.6 Å². The van der Waals surface area contributed by atoms with Crippen molar-refractivity contribution in [2.75, 3.05) is 0 Å². The molecule has 3 heteroatoms. The molecule has 1 saturated carbocycles. The summed E-state index contributed by atoms with van der Waals surface area (Å²) in [6.45, 7) is 2.80. The van der Waals surface area contributed by atoms with Crippen LogP contribution in [-0.2, 0) is 6.54 Å². The molecule has 0 aliphatic heterocycles. The average molecular weight is 253 g/mol. The first-order chi connectivity index (χ1) is 8.66. The Morgan fingerprint density at radius 2 is 1.89 bits per heavy atom. The topological polar surface area (TPSA) is 12.0 Å². The van der Waals surface area contributed by atoms with Gasteiger partial charge in [0.25, 0.3) is 0 Å². The Kier molecular flexibility index (Phi) is 4.70. The maximum Gasteiger partial charge on any atom is 0.159 e. The van der Waals surface area contributed by atoms with E-state index >= 15 is 0 Å². The molecule has 0 aromatic heterocycles. The summed E-state index contributed by atoms with van der Waals surface area (Å²) in [6, 6.07) is 4.55. The molecule has 18 heavy (non-hydrogen) atoms. The van der Waals surface area contributed by atoms with Crippen molar-refractivity contribution in [2.24, 2.45) is 5.92 Å². The lowest BCUT2D eigenvalue weighted by Gasteiger charge is -2.28. The van der Waals surface area contributed by atoms with Gasteiger partial charge in [0, 0.05) is 12.6 Å². The van der Waals surface area contributed by atoms with Crippen molar-refractivity contribution in [3.8, 4) is 0 Å². The van der Waals surface area contributed by atoms with Crippen LogP contribution in [0, 0.1) is 17.6 Å². The summed E-state index contributed by atoms with van der Waals surface area (Å²) < 4.78 is 25.8. The summed E-state index contributed by atoms with van der Waals surface area (Å²) >= 11 is 0. The third-order valence-electron chi connectivity index (χ3n) is 3.97. The van der Waals surface area contributed by atoms with Crippen LogP contribution < -0.4 is 5.32 Å². The molecule has 0 amide bonds. The van der Waals surface area contributed by atoms with E-state index in [-0.39, 0.29) is 0 Å². The molecule has 1 unspecified atom stereocenters. The Balaban J connectivity index is 1.84. The number of rotatable bonds is 4. The van der Waals surface area contributed by atoms with Crippen molar-refractivity contribution in [1.82, 2.24) is 5.32 Å². The lowest BCUT2D eigenvalue weighted by molar-refractivity contribution is 0.280. The van der Waals surface area contributed by atoms with E-state index in [1.165, 1.54) is 44.2 Å². The Hall–Kier alpha value is -0.960. The third kappa shape index (κ3) is 3.52. The first-order valence-corrected chi connectivity index (χ1v) is 6.84. The van der Waals surface area contributed by atoms with Crippen LogP contribution >= 0.6 is 0 Å². The molecule has 0 bridgehead atoms. The van der Waals surface area contributed by atoms with E-state index in [0.29, 0.717) is 12.6 Å². The van der Waals surface area contributed by atoms with Crippen LogP contribution in [0.25, 0.3) is 0 Å². The molecule has 0 saturated heterocycles. The molecule has 1 aromatic rings. The number of hydrogen-bond acceptors (Lipinski definition) is 1. The lowest BCUT2D eigenvalue weighted by atomic mass is 9.84. The smallest absolute Gasteiger partial charge is 0.159 e. The summed E-state index contributed by atoms with van der Waals surface area (Å²) in [5, 5.41) is 3.43. The quantitative estimate of drug-likeness (QED) is 0.854. The highest BCUT2D eigenvalue weighted by molar-refractivity contribution is 5.17. The minimum atomic E-state index is -0.779. The van der Waals surface area contributed by atoms with Crippen LogP contribution in [0.1, 0.15) is 44.6 Å². The summed E-state index contributed by atoms with van der Waals surface area (Å²) in [5.74, 6) is -0.817. The second-order valence-electron chi connectivity index (χ2n) is 5.32. The number of halogens is 2. The summed E-state index contributed by atoms with van der Waals surface area (Å²) in [7, 11) is 0. The first kappa shape index (κ1) is 13.5. The third-order valence-corrected chi connectivity index (χ3v) is 3.97. The molecule has 1 N–H and O–H groups in total. The van der Waals surface area contributed by atoms with Crippen LogP contribution in [0.3, 0.4) is 0 Å². The van der Waals surface area contributed by atoms with E-state index in [4.69, 9.17) is 0 Å². The Morgan fingerprint density at radius 3 is 2.56 bits per heavy atom. The number of benzene rings is 1. The van der Waals surface area contributed by atoms with Crippen molar-refractivity contribution in [3.05, 3.63) is 35.4 Å². The van der Waals surface area contributed by atoms with Crippen LogP contribution in [-0.4, -0.2) is 6.04 Å². The van der Waals surface area contributed by atoms with Gasteiger partial charge < -0.3 is 5.32 Å². The standard InChI is InChI=1S/C15H21F2N/c1-11(13-5-3-2-4-6-13)18-10-12-7-8-14(16)15(17)9-12/h7-9,11,13,18H,2-6,10H2,1H3. The van der Waals surface area contributed by atoms with E-state index in [0.717, 1.165) is 11.5 Å². The van der Waals surface area contributed by atoms with Gasteiger partial charge in [0.2, 0.25) is 0 Å². The van der Waals surface area contributed by atoms with Gasteiger partial charge in [0.05, 0.1) is 0 Å². The summed E-state index contributed by atoms with van der Waals surface area (Å²) in [6.07, 6.45) is 6.56. The van der Waals surface area contributed by atoms with E-state index in [1.807, 2.05) is 0 Å². The highest BCUT2D eigenvalue weighted by Gasteiger charge is 2.19. The highest BCUT2D eigenvalue weighted by Crippen LogP contribution is 2.26. The fourth-order valence-corrected chi connectivity index (χ4v) is 2.73. The van der Waals surface area contributed by atoms with Gasteiger partial charge in [0.15, 0.2) is 11.6 Å². The fourth-order valence-electron chi connectivity index (χ4n) is 2.73. The van der Waals surface area contributed by atoms with Crippen molar-refractivity contribution >= 4 is 0 Å². The Bertz CT molecular complexity index is 386. The van der Waals surface area contributed by atoms with E-state index in [1.54, 1.807) is 6.07 Å². The van der Waals surface area contributed by atoms with Gasteiger partial charge in [0.1, 0.15) is 0 Å². The number of hydrogen-bond donors (Lipinski definition) is 1. The fraction of sp³-hybridized carbons (Fsp3) is 0.600.